The topological polar surface area (TPSA) is 57.8 Å². The summed E-state index contributed by atoms with van der Waals surface area (Å²) in [5.74, 6) is 0.711. The number of carbonyl (C=O) groups excluding carboxylic acids is 1. The molecule has 0 bridgehead atoms. The zero-order valence-electron chi connectivity index (χ0n) is 8.86. The molecule has 0 aliphatic heterocycles. The number of amides is 1. The van der Waals surface area contributed by atoms with Crippen molar-refractivity contribution in [1.82, 2.24) is 9.97 Å². The Labute approximate surface area is 93.1 Å². The van der Waals surface area contributed by atoms with Crippen molar-refractivity contribution in [2.75, 3.05) is 5.32 Å². The molecule has 2 aromatic heterocycles. The minimum absolute atomic E-state index is 0.0965. The third kappa shape index (κ3) is 1.91. The van der Waals surface area contributed by atoms with Gasteiger partial charge in [0.05, 0.1) is 11.9 Å². The molecule has 16 heavy (non-hydrogen) atoms. The second kappa shape index (κ2) is 3.63. The zero-order chi connectivity index (χ0) is 11.0. The Hall–Kier alpha value is -1.84. The van der Waals surface area contributed by atoms with E-state index in [4.69, 9.17) is 0 Å². The number of hydrogen-bond acceptors (Lipinski definition) is 2. The Morgan fingerprint density at radius 3 is 3.25 bits per heavy atom. The molecule has 1 aliphatic rings. The lowest BCUT2D eigenvalue weighted by Crippen LogP contribution is -2.11. The van der Waals surface area contributed by atoms with E-state index in [9.17, 15) is 4.79 Å². The third-order valence-electron chi connectivity index (χ3n) is 2.85. The molecule has 4 heteroatoms. The summed E-state index contributed by atoms with van der Waals surface area (Å²) in [5.41, 5.74) is 1.62. The van der Waals surface area contributed by atoms with Crippen LogP contribution in [0.3, 0.4) is 0 Å². The molecule has 82 valence electrons. The lowest BCUT2D eigenvalue weighted by molar-refractivity contribution is -0.116. The maximum atomic E-state index is 11.6. The fourth-order valence-electron chi connectivity index (χ4n) is 1.80. The molecule has 0 unspecified atom stereocenters. The van der Waals surface area contributed by atoms with Crippen LogP contribution in [0.1, 0.15) is 19.3 Å². The summed E-state index contributed by atoms with van der Waals surface area (Å²) >= 11 is 0. The van der Waals surface area contributed by atoms with Gasteiger partial charge in [-0.15, -0.1) is 0 Å². The smallest absolute Gasteiger partial charge is 0.224 e. The molecule has 0 saturated heterocycles. The number of rotatable bonds is 3. The fraction of sp³-hybridized carbons (Fsp3) is 0.333. The van der Waals surface area contributed by atoms with Gasteiger partial charge in [0.15, 0.2) is 0 Å². The quantitative estimate of drug-likeness (QED) is 0.825. The molecule has 0 radical (unpaired) electrons. The Morgan fingerprint density at radius 2 is 2.44 bits per heavy atom. The van der Waals surface area contributed by atoms with Crippen LogP contribution in [0.15, 0.2) is 24.5 Å². The number of pyridine rings is 1. The molecular weight excluding hydrogens is 202 g/mol. The minimum atomic E-state index is 0.0965. The average molecular weight is 215 g/mol. The monoisotopic (exact) mass is 215 g/mol. The molecule has 1 aliphatic carbocycles. The highest BCUT2D eigenvalue weighted by molar-refractivity contribution is 5.92. The number of aromatic amines is 1. The molecule has 1 fully saturated rings. The number of fused-ring (bicyclic) bond motifs is 1. The van der Waals surface area contributed by atoms with Gasteiger partial charge in [0.2, 0.25) is 5.91 Å². The number of hydrogen-bond donors (Lipinski definition) is 2. The Morgan fingerprint density at radius 1 is 1.56 bits per heavy atom. The van der Waals surface area contributed by atoms with E-state index in [0.717, 1.165) is 16.7 Å². The van der Waals surface area contributed by atoms with Gasteiger partial charge in [-0.3, -0.25) is 4.79 Å². The summed E-state index contributed by atoms with van der Waals surface area (Å²) in [4.78, 5) is 18.8. The van der Waals surface area contributed by atoms with Crippen LogP contribution < -0.4 is 5.32 Å². The lowest BCUT2D eigenvalue weighted by atomic mass is 10.2. The summed E-state index contributed by atoms with van der Waals surface area (Å²) < 4.78 is 0. The standard InChI is InChI=1S/C12H13N3O/c16-11(5-8-1-2-8)15-10-6-9-3-4-13-12(9)14-7-10/h3-4,6-8H,1-2,5H2,(H,13,14)(H,15,16). The molecule has 3 rings (SSSR count). The van der Waals surface area contributed by atoms with Crippen LogP contribution in [0.2, 0.25) is 0 Å². The molecule has 1 saturated carbocycles. The molecule has 0 aromatic carbocycles. The minimum Gasteiger partial charge on any atom is -0.346 e. The fourth-order valence-corrected chi connectivity index (χ4v) is 1.80. The second-order valence-corrected chi connectivity index (χ2v) is 4.34. The van der Waals surface area contributed by atoms with Gasteiger partial charge in [0.1, 0.15) is 5.65 Å². The van der Waals surface area contributed by atoms with Gasteiger partial charge in [0, 0.05) is 18.0 Å². The summed E-state index contributed by atoms with van der Waals surface area (Å²) in [6, 6.07) is 3.88. The summed E-state index contributed by atoms with van der Waals surface area (Å²) in [7, 11) is 0. The third-order valence-corrected chi connectivity index (χ3v) is 2.85. The maximum absolute atomic E-state index is 11.6. The first-order chi connectivity index (χ1) is 7.81. The number of nitrogens with zero attached hydrogens (tertiary/aromatic N) is 1. The van der Waals surface area contributed by atoms with Crippen molar-refractivity contribution >= 4 is 22.6 Å². The summed E-state index contributed by atoms with van der Waals surface area (Å²) in [6.07, 6.45) is 6.56. The highest BCUT2D eigenvalue weighted by atomic mass is 16.1. The van der Waals surface area contributed by atoms with Crippen molar-refractivity contribution < 1.29 is 4.79 Å². The van der Waals surface area contributed by atoms with E-state index in [1.165, 1.54) is 12.8 Å². The van der Waals surface area contributed by atoms with Gasteiger partial charge in [0.25, 0.3) is 0 Å². The van der Waals surface area contributed by atoms with Crippen LogP contribution in [-0.4, -0.2) is 15.9 Å². The molecule has 2 heterocycles. The van der Waals surface area contributed by atoms with Crippen molar-refractivity contribution in [2.24, 2.45) is 5.92 Å². The second-order valence-electron chi connectivity index (χ2n) is 4.34. The van der Waals surface area contributed by atoms with E-state index >= 15 is 0 Å². The van der Waals surface area contributed by atoms with E-state index in [-0.39, 0.29) is 5.91 Å². The lowest BCUT2D eigenvalue weighted by Gasteiger charge is -2.03. The van der Waals surface area contributed by atoms with Crippen molar-refractivity contribution in [3.63, 3.8) is 0 Å². The van der Waals surface area contributed by atoms with Crippen molar-refractivity contribution in [1.29, 1.82) is 0 Å². The number of aromatic nitrogens is 2. The Balaban J connectivity index is 1.74. The molecule has 2 N–H and O–H groups in total. The van der Waals surface area contributed by atoms with Gasteiger partial charge in [-0.05, 0) is 30.9 Å². The highest BCUT2D eigenvalue weighted by Gasteiger charge is 2.24. The Kier molecular flexibility index (Phi) is 2.13. The predicted octanol–water partition coefficient (Wildman–Crippen LogP) is 2.30. The van der Waals surface area contributed by atoms with E-state index < -0.39 is 0 Å². The van der Waals surface area contributed by atoms with E-state index in [0.29, 0.717) is 12.3 Å². The number of anilines is 1. The van der Waals surface area contributed by atoms with Crippen LogP contribution in [0.25, 0.3) is 11.0 Å². The van der Waals surface area contributed by atoms with Crippen LogP contribution >= 0.6 is 0 Å². The molecule has 0 spiro atoms. The molecule has 4 nitrogen and oxygen atoms in total. The number of H-pyrrole nitrogens is 1. The van der Waals surface area contributed by atoms with Gasteiger partial charge >= 0.3 is 0 Å². The maximum Gasteiger partial charge on any atom is 0.224 e. The van der Waals surface area contributed by atoms with Crippen molar-refractivity contribution in [2.45, 2.75) is 19.3 Å². The first kappa shape index (κ1) is 9.39. The zero-order valence-corrected chi connectivity index (χ0v) is 8.86. The summed E-state index contributed by atoms with van der Waals surface area (Å²) in [6.45, 7) is 0. The molecule has 0 atom stereocenters. The van der Waals surface area contributed by atoms with Gasteiger partial charge in [-0.25, -0.2) is 4.98 Å². The van der Waals surface area contributed by atoms with Crippen LogP contribution in [0.4, 0.5) is 5.69 Å². The highest BCUT2D eigenvalue weighted by Crippen LogP contribution is 2.32. The van der Waals surface area contributed by atoms with Crippen LogP contribution in [-0.2, 0) is 4.79 Å². The largest absolute Gasteiger partial charge is 0.346 e. The van der Waals surface area contributed by atoms with Gasteiger partial charge < -0.3 is 10.3 Å². The summed E-state index contributed by atoms with van der Waals surface area (Å²) in [5, 5.41) is 3.90. The number of carbonyl (C=O) groups is 1. The average Bonchev–Trinajstić information content (AvgIpc) is 2.95. The van der Waals surface area contributed by atoms with Crippen LogP contribution in [0, 0.1) is 5.92 Å². The normalized spacial score (nSPS) is 15.2. The van der Waals surface area contributed by atoms with Gasteiger partial charge in [-0.1, -0.05) is 0 Å². The Bertz CT molecular complexity index is 528. The first-order valence-electron chi connectivity index (χ1n) is 5.54. The van der Waals surface area contributed by atoms with Crippen LogP contribution in [0.5, 0.6) is 0 Å². The van der Waals surface area contributed by atoms with E-state index in [1.807, 2.05) is 18.3 Å². The van der Waals surface area contributed by atoms with E-state index in [2.05, 4.69) is 15.3 Å². The number of nitrogens with one attached hydrogen (secondary N) is 2. The van der Waals surface area contributed by atoms with Crippen molar-refractivity contribution in [3.05, 3.63) is 24.5 Å². The molecule has 2 aromatic rings. The van der Waals surface area contributed by atoms with E-state index in [1.54, 1.807) is 6.20 Å². The molecular formula is C12H13N3O. The molecule has 1 amide bonds. The SMILES string of the molecule is O=C(CC1CC1)Nc1cnc2[nH]ccc2c1. The van der Waals surface area contributed by atoms with Crippen molar-refractivity contribution in [3.8, 4) is 0 Å². The van der Waals surface area contributed by atoms with Gasteiger partial charge in [-0.2, -0.15) is 0 Å². The predicted molar refractivity (Wildman–Crippen MR) is 62.1 cm³/mol. The first-order valence-corrected chi connectivity index (χ1v) is 5.54.